The standard InChI is InChI=1S/C15H29NO2/c1-14(2,15(3,4)13(17)18)9-5-6-12-7-10-16-11-8-12/h12,16H,5-11H2,1-4H3,(H,17,18). The molecule has 0 radical (unpaired) electrons. The molecule has 0 spiro atoms. The van der Waals surface area contributed by atoms with E-state index in [-0.39, 0.29) is 5.41 Å². The summed E-state index contributed by atoms with van der Waals surface area (Å²) in [5.41, 5.74) is -0.799. The Kier molecular flexibility index (Phi) is 5.20. The van der Waals surface area contributed by atoms with Gasteiger partial charge in [0.25, 0.3) is 0 Å². The topological polar surface area (TPSA) is 49.3 Å². The number of carbonyl (C=O) groups is 1. The fraction of sp³-hybridized carbons (Fsp3) is 0.933. The molecule has 0 saturated carbocycles. The highest BCUT2D eigenvalue weighted by molar-refractivity contribution is 5.74. The minimum Gasteiger partial charge on any atom is -0.481 e. The van der Waals surface area contributed by atoms with Crippen molar-refractivity contribution >= 4 is 5.97 Å². The number of carboxylic acids is 1. The van der Waals surface area contributed by atoms with Gasteiger partial charge in [-0.1, -0.05) is 26.7 Å². The molecule has 0 bridgehead atoms. The number of hydrogen-bond donors (Lipinski definition) is 2. The smallest absolute Gasteiger partial charge is 0.309 e. The van der Waals surface area contributed by atoms with Gasteiger partial charge in [-0.3, -0.25) is 4.79 Å². The Morgan fingerprint density at radius 2 is 1.78 bits per heavy atom. The van der Waals surface area contributed by atoms with Gasteiger partial charge >= 0.3 is 5.97 Å². The normalized spacial score (nSPS) is 18.9. The van der Waals surface area contributed by atoms with Crippen LogP contribution >= 0.6 is 0 Å². The Labute approximate surface area is 111 Å². The predicted molar refractivity (Wildman–Crippen MR) is 74.6 cm³/mol. The molecule has 0 amide bonds. The maximum Gasteiger partial charge on any atom is 0.309 e. The second-order valence-electron chi connectivity index (χ2n) is 6.90. The van der Waals surface area contributed by atoms with Gasteiger partial charge in [-0.2, -0.15) is 0 Å². The lowest BCUT2D eigenvalue weighted by molar-refractivity contribution is -0.154. The molecule has 0 aromatic rings. The quantitative estimate of drug-likeness (QED) is 0.765. The minimum atomic E-state index is -0.686. The van der Waals surface area contributed by atoms with Crippen LogP contribution in [-0.2, 0) is 4.79 Å². The van der Waals surface area contributed by atoms with Crippen LogP contribution in [0.15, 0.2) is 0 Å². The molecule has 1 rings (SSSR count). The van der Waals surface area contributed by atoms with E-state index in [1.54, 1.807) is 0 Å². The van der Waals surface area contributed by atoms with Crippen molar-refractivity contribution in [2.24, 2.45) is 16.7 Å². The summed E-state index contributed by atoms with van der Waals surface area (Å²) in [5, 5.41) is 12.7. The Morgan fingerprint density at radius 1 is 1.22 bits per heavy atom. The zero-order chi connectivity index (χ0) is 13.8. The summed E-state index contributed by atoms with van der Waals surface area (Å²) in [6.07, 6.45) is 5.96. The van der Waals surface area contributed by atoms with Gasteiger partial charge in [0.15, 0.2) is 0 Å². The summed E-state index contributed by atoms with van der Waals surface area (Å²) in [5.74, 6) is 0.157. The van der Waals surface area contributed by atoms with E-state index in [4.69, 9.17) is 0 Å². The lowest BCUT2D eigenvalue weighted by Gasteiger charge is -2.38. The van der Waals surface area contributed by atoms with Crippen LogP contribution in [0.2, 0.25) is 0 Å². The van der Waals surface area contributed by atoms with E-state index in [2.05, 4.69) is 19.2 Å². The molecule has 3 nitrogen and oxygen atoms in total. The number of hydrogen-bond acceptors (Lipinski definition) is 2. The van der Waals surface area contributed by atoms with E-state index >= 15 is 0 Å². The van der Waals surface area contributed by atoms with Gasteiger partial charge in [-0.25, -0.2) is 0 Å². The van der Waals surface area contributed by atoms with Crippen LogP contribution < -0.4 is 5.32 Å². The van der Waals surface area contributed by atoms with Crippen LogP contribution in [-0.4, -0.2) is 24.2 Å². The largest absolute Gasteiger partial charge is 0.481 e. The Balaban J connectivity index is 2.39. The molecule has 0 aromatic heterocycles. The lowest BCUT2D eigenvalue weighted by atomic mass is 9.65. The summed E-state index contributed by atoms with van der Waals surface area (Å²) in [7, 11) is 0. The monoisotopic (exact) mass is 255 g/mol. The summed E-state index contributed by atoms with van der Waals surface area (Å²) in [4.78, 5) is 11.3. The Hall–Kier alpha value is -0.570. The molecular formula is C15H29NO2. The highest BCUT2D eigenvalue weighted by Crippen LogP contribution is 2.43. The first-order valence-electron chi connectivity index (χ1n) is 7.21. The van der Waals surface area contributed by atoms with Crippen LogP contribution in [0.4, 0.5) is 0 Å². The summed E-state index contributed by atoms with van der Waals surface area (Å²) >= 11 is 0. The predicted octanol–water partition coefficient (Wildman–Crippen LogP) is 3.29. The van der Waals surface area contributed by atoms with Crippen molar-refractivity contribution in [3.05, 3.63) is 0 Å². The van der Waals surface area contributed by atoms with Crippen molar-refractivity contribution in [3.63, 3.8) is 0 Å². The van der Waals surface area contributed by atoms with E-state index in [0.717, 1.165) is 31.8 Å². The number of aliphatic carboxylic acids is 1. The Morgan fingerprint density at radius 3 is 2.28 bits per heavy atom. The molecule has 0 unspecified atom stereocenters. The molecule has 0 atom stereocenters. The van der Waals surface area contributed by atoms with E-state index < -0.39 is 11.4 Å². The van der Waals surface area contributed by atoms with Crippen LogP contribution in [0.3, 0.4) is 0 Å². The molecule has 1 heterocycles. The van der Waals surface area contributed by atoms with E-state index in [9.17, 15) is 9.90 Å². The fourth-order valence-electron chi connectivity index (χ4n) is 2.61. The first kappa shape index (κ1) is 15.5. The number of nitrogens with one attached hydrogen (secondary N) is 1. The van der Waals surface area contributed by atoms with E-state index in [1.807, 2.05) is 13.8 Å². The van der Waals surface area contributed by atoms with Crippen molar-refractivity contribution in [2.75, 3.05) is 13.1 Å². The second-order valence-corrected chi connectivity index (χ2v) is 6.90. The molecular weight excluding hydrogens is 226 g/mol. The third-order valence-corrected chi connectivity index (χ3v) is 5.10. The second kappa shape index (κ2) is 6.05. The zero-order valence-corrected chi connectivity index (χ0v) is 12.4. The molecule has 1 aliphatic rings. The van der Waals surface area contributed by atoms with Crippen LogP contribution in [0, 0.1) is 16.7 Å². The fourth-order valence-corrected chi connectivity index (χ4v) is 2.61. The molecule has 3 heteroatoms. The molecule has 106 valence electrons. The summed E-state index contributed by atoms with van der Waals surface area (Å²) in [6.45, 7) is 10.2. The van der Waals surface area contributed by atoms with Crippen LogP contribution in [0.25, 0.3) is 0 Å². The van der Waals surface area contributed by atoms with Crippen molar-refractivity contribution in [1.29, 1.82) is 0 Å². The third-order valence-electron chi connectivity index (χ3n) is 5.10. The van der Waals surface area contributed by atoms with Gasteiger partial charge < -0.3 is 10.4 Å². The highest BCUT2D eigenvalue weighted by atomic mass is 16.4. The number of piperidine rings is 1. The SMILES string of the molecule is CC(C)(CCCC1CCNCC1)C(C)(C)C(=O)O. The molecule has 2 N–H and O–H groups in total. The maximum atomic E-state index is 11.3. The Bertz CT molecular complexity index is 278. The first-order chi connectivity index (χ1) is 8.27. The average Bonchev–Trinajstić information content (AvgIpc) is 2.29. The highest BCUT2D eigenvalue weighted by Gasteiger charge is 2.42. The van der Waals surface area contributed by atoms with Gasteiger partial charge in [0.1, 0.15) is 0 Å². The van der Waals surface area contributed by atoms with Gasteiger partial charge in [-0.15, -0.1) is 0 Å². The van der Waals surface area contributed by atoms with Crippen molar-refractivity contribution < 1.29 is 9.90 Å². The molecule has 1 fully saturated rings. The summed E-state index contributed by atoms with van der Waals surface area (Å²) < 4.78 is 0. The summed E-state index contributed by atoms with van der Waals surface area (Å²) in [6, 6.07) is 0. The molecule has 1 saturated heterocycles. The van der Waals surface area contributed by atoms with Gasteiger partial charge in [0, 0.05) is 0 Å². The van der Waals surface area contributed by atoms with E-state index in [1.165, 1.54) is 19.3 Å². The molecule has 0 aliphatic carbocycles. The zero-order valence-electron chi connectivity index (χ0n) is 12.4. The average molecular weight is 255 g/mol. The minimum absolute atomic E-state index is 0.147. The molecule has 18 heavy (non-hydrogen) atoms. The first-order valence-corrected chi connectivity index (χ1v) is 7.21. The van der Waals surface area contributed by atoms with Gasteiger partial charge in [-0.05, 0) is 57.5 Å². The molecule has 1 aliphatic heterocycles. The van der Waals surface area contributed by atoms with Crippen LogP contribution in [0.1, 0.15) is 59.8 Å². The van der Waals surface area contributed by atoms with Crippen molar-refractivity contribution in [1.82, 2.24) is 5.32 Å². The third kappa shape index (κ3) is 3.71. The lowest BCUT2D eigenvalue weighted by Crippen LogP contribution is -2.39. The van der Waals surface area contributed by atoms with Gasteiger partial charge in [0.2, 0.25) is 0 Å². The van der Waals surface area contributed by atoms with Crippen molar-refractivity contribution in [3.8, 4) is 0 Å². The maximum absolute atomic E-state index is 11.3. The van der Waals surface area contributed by atoms with Gasteiger partial charge in [0.05, 0.1) is 5.41 Å². The number of rotatable bonds is 6. The number of carboxylic acid groups (broad SMARTS) is 1. The molecule has 0 aromatic carbocycles. The van der Waals surface area contributed by atoms with E-state index in [0.29, 0.717) is 0 Å². The van der Waals surface area contributed by atoms with Crippen molar-refractivity contribution in [2.45, 2.75) is 59.8 Å². The van der Waals surface area contributed by atoms with Crippen LogP contribution in [0.5, 0.6) is 0 Å².